The zero-order valence-electron chi connectivity index (χ0n) is 27.1. The first-order valence-electron chi connectivity index (χ1n) is 16.7. The van der Waals surface area contributed by atoms with Crippen LogP contribution < -0.4 is 0 Å². The number of aromatic nitrogens is 4. The Labute approximate surface area is 290 Å². The third-order valence-electron chi connectivity index (χ3n) is 9.15. The molecule has 0 amide bonds. The van der Waals surface area contributed by atoms with Gasteiger partial charge in [0.2, 0.25) is 0 Å². The van der Waals surface area contributed by atoms with Crippen molar-refractivity contribution >= 4 is 21.7 Å². The quantitative estimate of drug-likeness (QED) is 0.170. The van der Waals surface area contributed by atoms with Crippen LogP contribution in [0.3, 0.4) is 0 Å². The molecular formula is C46H30N4. The van der Waals surface area contributed by atoms with Crippen LogP contribution in [0.4, 0.5) is 0 Å². The van der Waals surface area contributed by atoms with Crippen molar-refractivity contribution in [3.63, 3.8) is 0 Å². The molecule has 4 nitrogen and oxygen atoms in total. The second-order valence-electron chi connectivity index (χ2n) is 12.3. The number of hydrogen-bond donors (Lipinski definition) is 0. The van der Waals surface area contributed by atoms with E-state index in [0.29, 0.717) is 5.82 Å². The molecule has 0 fully saturated rings. The highest BCUT2D eigenvalue weighted by atomic mass is 14.9. The second-order valence-corrected chi connectivity index (χ2v) is 12.3. The normalized spacial score (nSPS) is 11.2. The molecule has 0 aliphatic heterocycles. The van der Waals surface area contributed by atoms with E-state index in [1.54, 1.807) is 0 Å². The molecule has 6 aromatic carbocycles. The van der Waals surface area contributed by atoms with Crippen molar-refractivity contribution in [2.75, 3.05) is 0 Å². The Morgan fingerprint density at radius 2 is 0.840 bits per heavy atom. The summed E-state index contributed by atoms with van der Waals surface area (Å²) in [5.74, 6) is 0.711. The molecule has 0 unspecified atom stereocenters. The van der Waals surface area contributed by atoms with Gasteiger partial charge in [0.15, 0.2) is 5.82 Å². The first kappa shape index (κ1) is 29.4. The molecule has 0 atom stereocenters. The van der Waals surface area contributed by atoms with E-state index in [9.17, 15) is 0 Å². The largest absolute Gasteiger partial charge is 0.254 e. The molecule has 4 heteroatoms. The van der Waals surface area contributed by atoms with Gasteiger partial charge in [0, 0.05) is 39.2 Å². The second kappa shape index (κ2) is 12.7. The minimum Gasteiger partial charge on any atom is -0.254 e. The Bertz CT molecular complexity index is 2560. The van der Waals surface area contributed by atoms with Gasteiger partial charge in [0.25, 0.3) is 0 Å². The van der Waals surface area contributed by atoms with Gasteiger partial charge in [0.1, 0.15) is 0 Å². The third-order valence-corrected chi connectivity index (χ3v) is 9.15. The molecule has 0 spiro atoms. The number of pyridine rings is 2. The summed E-state index contributed by atoms with van der Waals surface area (Å²) in [6.07, 6.45) is 1.95. The van der Waals surface area contributed by atoms with E-state index in [2.05, 4.69) is 133 Å². The summed E-state index contributed by atoms with van der Waals surface area (Å²) in [5, 5.41) is 3.44. The standard InChI is InChI=1S/C46H30N4/c1-3-12-32(13-4-1)43-29-44(50-46(49-43)34-14-5-2-6-15-34)33-24-22-31(23-25-33)35-16-11-17-36(28-35)37-26-27-42(47-30-37)45-40-20-8-7-18-38(40)39-19-9-10-21-41(39)48-45/h1-30H. The molecule has 0 bridgehead atoms. The summed E-state index contributed by atoms with van der Waals surface area (Å²) in [7, 11) is 0. The molecule has 0 aliphatic carbocycles. The fourth-order valence-corrected chi connectivity index (χ4v) is 6.58. The van der Waals surface area contributed by atoms with Crippen LogP contribution in [0, 0.1) is 0 Å². The maximum atomic E-state index is 5.03. The lowest BCUT2D eigenvalue weighted by molar-refractivity contribution is 1.18. The number of para-hydroxylation sites is 1. The smallest absolute Gasteiger partial charge is 0.160 e. The molecule has 50 heavy (non-hydrogen) atoms. The van der Waals surface area contributed by atoms with Gasteiger partial charge in [-0.2, -0.15) is 0 Å². The summed E-state index contributed by atoms with van der Waals surface area (Å²) in [5.41, 5.74) is 12.0. The average molecular weight is 639 g/mol. The first-order chi connectivity index (χ1) is 24.8. The molecule has 3 heterocycles. The van der Waals surface area contributed by atoms with E-state index in [1.807, 2.05) is 48.7 Å². The van der Waals surface area contributed by atoms with Gasteiger partial charge in [-0.15, -0.1) is 0 Å². The maximum absolute atomic E-state index is 5.03. The van der Waals surface area contributed by atoms with E-state index < -0.39 is 0 Å². The fourth-order valence-electron chi connectivity index (χ4n) is 6.58. The Hall–Kier alpha value is -6.78. The van der Waals surface area contributed by atoms with Crippen molar-refractivity contribution in [1.29, 1.82) is 0 Å². The summed E-state index contributed by atoms with van der Waals surface area (Å²) >= 11 is 0. The molecule has 0 aliphatic rings. The molecular weight excluding hydrogens is 609 g/mol. The van der Waals surface area contributed by atoms with Crippen LogP contribution in [0.5, 0.6) is 0 Å². The molecule has 0 saturated carbocycles. The molecule has 0 radical (unpaired) electrons. The molecule has 0 saturated heterocycles. The van der Waals surface area contributed by atoms with Crippen LogP contribution in [-0.4, -0.2) is 19.9 Å². The van der Waals surface area contributed by atoms with Gasteiger partial charge < -0.3 is 0 Å². The van der Waals surface area contributed by atoms with Gasteiger partial charge in [-0.3, -0.25) is 4.98 Å². The molecule has 3 aromatic heterocycles. The molecule has 0 N–H and O–H groups in total. The van der Waals surface area contributed by atoms with Crippen molar-refractivity contribution in [3.05, 3.63) is 182 Å². The Kier molecular flexibility index (Phi) is 7.45. The molecule has 9 aromatic rings. The Morgan fingerprint density at radius 1 is 0.300 bits per heavy atom. The lowest BCUT2D eigenvalue weighted by Gasteiger charge is -2.11. The monoisotopic (exact) mass is 638 g/mol. The minimum atomic E-state index is 0.711. The SMILES string of the molecule is c1ccc(-c2cc(-c3ccc(-c4cccc(-c5ccc(-c6nc7ccccc7c7ccccc67)nc5)c4)cc3)nc(-c3ccccc3)n2)cc1. The summed E-state index contributed by atoms with van der Waals surface area (Å²) in [6, 6.07) is 60.7. The van der Waals surface area contributed by atoms with Crippen molar-refractivity contribution in [1.82, 2.24) is 19.9 Å². The zero-order chi connectivity index (χ0) is 33.3. The number of hydrogen-bond acceptors (Lipinski definition) is 4. The maximum Gasteiger partial charge on any atom is 0.160 e. The van der Waals surface area contributed by atoms with Gasteiger partial charge in [-0.05, 0) is 46.3 Å². The van der Waals surface area contributed by atoms with Crippen molar-refractivity contribution in [2.24, 2.45) is 0 Å². The van der Waals surface area contributed by atoms with Crippen LogP contribution in [0.1, 0.15) is 0 Å². The van der Waals surface area contributed by atoms with Crippen LogP contribution in [0.25, 0.3) is 89.2 Å². The van der Waals surface area contributed by atoms with Gasteiger partial charge in [-0.1, -0.05) is 152 Å². The van der Waals surface area contributed by atoms with E-state index in [1.165, 1.54) is 5.39 Å². The van der Waals surface area contributed by atoms with Crippen LogP contribution in [0.2, 0.25) is 0 Å². The third kappa shape index (κ3) is 5.59. The predicted octanol–water partition coefficient (Wildman–Crippen LogP) is 11.6. The average Bonchev–Trinajstić information content (AvgIpc) is 3.21. The van der Waals surface area contributed by atoms with Crippen LogP contribution in [-0.2, 0) is 0 Å². The summed E-state index contributed by atoms with van der Waals surface area (Å²) < 4.78 is 0. The Balaban J connectivity index is 1.02. The van der Waals surface area contributed by atoms with Crippen LogP contribution >= 0.6 is 0 Å². The summed E-state index contributed by atoms with van der Waals surface area (Å²) in [6.45, 7) is 0. The lowest BCUT2D eigenvalue weighted by Crippen LogP contribution is -1.95. The van der Waals surface area contributed by atoms with Crippen molar-refractivity contribution in [3.8, 4) is 67.5 Å². The van der Waals surface area contributed by atoms with Crippen molar-refractivity contribution in [2.45, 2.75) is 0 Å². The number of benzene rings is 6. The van der Waals surface area contributed by atoms with Gasteiger partial charge >= 0.3 is 0 Å². The van der Waals surface area contributed by atoms with E-state index in [0.717, 1.165) is 78.0 Å². The first-order valence-corrected chi connectivity index (χ1v) is 16.7. The van der Waals surface area contributed by atoms with Crippen LogP contribution in [0.15, 0.2) is 182 Å². The van der Waals surface area contributed by atoms with Crippen molar-refractivity contribution < 1.29 is 0 Å². The highest BCUT2D eigenvalue weighted by molar-refractivity contribution is 6.10. The highest BCUT2D eigenvalue weighted by Gasteiger charge is 2.13. The topological polar surface area (TPSA) is 51.6 Å². The van der Waals surface area contributed by atoms with E-state index >= 15 is 0 Å². The fraction of sp³-hybridized carbons (Fsp3) is 0. The molecule has 9 rings (SSSR count). The van der Waals surface area contributed by atoms with E-state index in [4.69, 9.17) is 19.9 Å². The predicted molar refractivity (Wildman–Crippen MR) is 205 cm³/mol. The zero-order valence-corrected chi connectivity index (χ0v) is 27.1. The minimum absolute atomic E-state index is 0.711. The number of rotatable bonds is 6. The molecule has 234 valence electrons. The Morgan fingerprint density at radius 3 is 1.54 bits per heavy atom. The lowest BCUT2D eigenvalue weighted by atomic mass is 9.98. The van der Waals surface area contributed by atoms with Gasteiger partial charge in [-0.25, -0.2) is 15.0 Å². The van der Waals surface area contributed by atoms with E-state index in [-0.39, 0.29) is 0 Å². The number of fused-ring (bicyclic) bond motifs is 3. The summed E-state index contributed by atoms with van der Waals surface area (Å²) in [4.78, 5) is 19.9. The number of nitrogens with zero attached hydrogens (tertiary/aromatic N) is 4. The van der Waals surface area contributed by atoms with Gasteiger partial charge in [0.05, 0.1) is 28.3 Å². The highest BCUT2D eigenvalue weighted by Crippen LogP contribution is 2.34.